The molecular formula is C30H29FN2O3. The van der Waals surface area contributed by atoms with Gasteiger partial charge in [-0.15, -0.1) is 0 Å². The summed E-state index contributed by atoms with van der Waals surface area (Å²) in [4.78, 5) is 29.2. The Balaban J connectivity index is 1.69. The van der Waals surface area contributed by atoms with Gasteiger partial charge in [-0.25, -0.2) is 4.39 Å². The lowest BCUT2D eigenvalue weighted by molar-refractivity contribution is -0.121. The van der Waals surface area contributed by atoms with Crippen molar-refractivity contribution < 1.29 is 18.7 Å². The summed E-state index contributed by atoms with van der Waals surface area (Å²) in [6, 6.07) is 20.8. The molecule has 5 rings (SSSR count). The van der Waals surface area contributed by atoms with Crippen LogP contribution >= 0.6 is 0 Å². The van der Waals surface area contributed by atoms with E-state index in [1.165, 1.54) is 12.1 Å². The Labute approximate surface area is 210 Å². The third-order valence-corrected chi connectivity index (χ3v) is 6.97. The minimum Gasteiger partial charge on any atom is -0.497 e. The van der Waals surface area contributed by atoms with E-state index in [0.29, 0.717) is 29.7 Å². The summed E-state index contributed by atoms with van der Waals surface area (Å²) in [6.07, 6.45) is 0.899. The van der Waals surface area contributed by atoms with Gasteiger partial charge in [0.05, 0.1) is 24.5 Å². The molecule has 1 aliphatic heterocycles. The van der Waals surface area contributed by atoms with Crippen molar-refractivity contribution in [3.8, 4) is 5.75 Å². The van der Waals surface area contributed by atoms with Crippen LogP contribution in [0.3, 0.4) is 0 Å². The standard InChI is InChI=1S/C30H29FN2O3/c1-18(2)30(35)33-26-10-5-4-9-24(26)32-25-16-21(19-11-13-23(36-3)14-12-19)17-27(34)28(25)29(33)20-7-6-8-22(31)15-20/h4-15,18,21,29,32H,16-17H2,1-3H3/t21-,29-/m1/s1. The zero-order chi connectivity index (χ0) is 25.4. The molecule has 0 spiro atoms. The van der Waals surface area contributed by atoms with E-state index in [2.05, 4.69) is 5.32 Å². The number of para-hydroxylation sites is 2. The molecule has 1 aliphatic carbocycles. The van der Waals surface area contributed by atoms with Crippen molar-refractivity contribution in [2.75, 3.05) is 17.3 Å². The summed E-state index contributed by atoms with van der Waals surface area (Å²) >= 11 is 0. The number of ketones is 1. The fourth-order valence-corrected chi connectivity index (χ4v) is 5.21. The number of rotatable bonds is 4. The fourth-order valence-electron chi connectivity index (χ4n) is 5.21. The van der Waals surface area contributed by atoms with Crippen LogP contribution in [0.15, 0.2) is 84.1 Å². The molecule has 0 unspecified atom stereocenters. The number of nitrogens with zero attached hydrogens (tertiary/aromatic N) is 1. The molecule has 0 radical (unpaired) electrons. The van der Waals surface area contributed by atoms with Gasteiger partial charge in [-0.3, -0.25) is 14.5 Å². The Morgan fingerprint density at radius 3 is 2.44 bits per heavy atom. The van der Waals surface area contributed by atoms with Gasteiger partial charge in [-0.1, -0.05) is 50.2 Å². The van der Waals surface area contributed by atoms with Crippen molar-refractivity contribution in [2.24, 2.45) is 5.92 Å². The first-order valence-corrected chi connectivity index (χ1v) is 12.2. The van der Waals surface area contributed by atoms with Gasteiger partial charge in [-0.2, -0.15) is 0 Å². The van der Waals surface area contributed by atoms with Gasteiger partial charge in [0.1, 0.15) is 11.6 Å². The van der Waals surface area contributed by atoms with Gasteiger partial charge in [0.2, 0.25) is 5.91 Å². The molecule has 2 atom stereocenters. The number of hydrogen-bond donors (Lipinski definition) is 1. The van der Waals surface area contributed by atoms with Crippen molar-refractivity contribution in [3.05, 3.63) is 101 Å². The summed E-state index contributed by atoms with van der Waals surface area (Å²) in [5.74, 6) is -0.164. The van der Waals surface area contributed by atoms with E-state index in [1.807, 2.05) is 62.4 Å². The van der Waals surface area contributed by atoms with Crippen LogP contribution in [-0.4, -0.2) is 18.8 Å². The minimum atomic E-state index is -0.730. The van der Waals surface area contributed by atoms with Crippen molar-refractivity contribution in [3.63, 3.8) is 0 Å². The lowest BCUT2D eigenvalue weighted by atomic mass is 9.78. The number of allylic oxidation sites excluding steroid dienone is 1. The smallest absolute Gasteiger partial charge is 0.230 e. The summed E-state index contributed by atoms with van der Waals surface area (Å²) in [6.45, 7) is 3.67. The zero-order valence-corrected chi connectivity index (χ0v) is 20.6. The van der Waals surface area contributed by atoms with Gasteiger partial charge in [0, 0.05) is 23.6 Å². The number of Topliss-reactive ketones (excluding diaryl/α,β-unsaturated/α-hetero) is 1. The summed E-state index contributed by atoms with van der Waals surface area (Å²) in [5, 5.41) is 3.50. The lowest BCUT2D eigenvalue weighted by Crippen LogP contribution is -2.40. The molecule has 0 fully saturated rings. The van der Waals surface area contributed by atoms with Crippen LogP contribution in [-0.2, 0) is 9.59 Å². The van der Waals surface area contributed by atoms with Crippen LogP contribution in [0.4, 0.5) is 15.8 Å². The van der Waals surface area contributed by atoms with Crippen LogP contribution < -0.4 is 15.0 Å². The van der Waals surface area contributed by atoms with Gasteiger partial charge < -0.3 is 10.1 Å². The molecule has 36 heavy (non-hydrogen) atoms. The van der Waals surface area contributed by atoms with Crippen molar-refractivity contribution in [1.82, 2.24) is 0 Å². The third-order valence-electron chi connectivity index (χ3n) is 6.97. The Bertz CT molecular complexity index is 1350. The predicted molar refractivity (Wildman–Crippen MR) is 139 cm³/mol. The average Bonchev–Trinajstić information content (AvgIpc) is 3.03. The number of carbonyl (C=O) groups excluding carboxylic acids is 2. The second-order valence-corrected chi connectivity index (χ2v) is 9.66. The number of halogens is 1. The molecule has 1 N–H and O–H groups in total. The van der Waals surface area contributed by atoms with E-state index in [-0.39, 0.29) is 23.5 Å². The number of anilines is 2. The quantitative estimate of drug-likeness (QED) is 0.466. The first kappa shape index (κ1) is 23.8. The molecule has 2 aliphatic rings. The van der Waals surface area contributed by atoms with E-state index in [9.17, 15) is 14.0 Å². The number of ether oxygens (including phenoxy) is 1. The van der Waals surface area contributed by atoms with E-state index in [4.69, 9.17) is 4.74 Å². The number of nitrogens with one attached hydrogen (secondary N) is 1. The molecule has 0 saturated carbocycles. The number of hydrogen-bond acceptors (Lipinski definition) is 4. The van der Waals surface area contributed by atoms with E-state index < -0.39 is 11.9 Å². The normalized spacial score (nSPS) is 19.4. The number of benzene rings is 3. The molecule has 0 aromatic heterocycles. The summed E-state index contributed by atoms with van der Waals surface area (Å²) in [7, 11) is 1.62. The molecule has 6 heteroatoms. The third kappa shape index (κ3) is 4.28. The van der Waals surface area contributed by atoms with Gasteiger partial charge in [-0.05, 0) is 59.9 Å². The van der Waals surface area contributed by atoms with Crippen LogP contribution in [0.5, 0.6) is 5.75 Å². The van der Waals surface area contributed by atoms with Crippen LogP contribution in [0, 0.1) is 11.7 Å². The Hall–Kier alpha value is -3.93. The van der Waals surface area contributed by atoms with Gasteiger partial charge in [0.15, 0.2) is 5.78 Å². The first-order chi connectivity index (χ1) is 17.4. The molecular weight excluding hydrogens is 455 g/mol. The first-order valence-electron chi connectivity index (χ1n) is 12.2. The molecule has 3 aromatic carbocycles. The zero-order valence-electron chi connectivity index (χ0n) is 20.6. The van der Waals surface area contributed by atoms with E-state index in [1.54, 1.807) is 24.1 Å². The SMILES string of the molecule is COc1ccc([C@H]2CC(=O)C3=C(C2)Nc2ccccc2N(C(=O)C(C)C)[C@@H]3c2cccc(F)c2)cc1. The van der Waals surface area contributed by atoms with Crippen molar-refractivity contribution in [1.29, 1.82) is 0 Å². The van der Waals surface area contributed by atoms with Crippen molar-refractivity contribution in [2.45, 2.75) is 38.6 Å². The number of fused-ring (bicyclic) bond motifs is 1. The maximum absolute atomic E-state index is 14.4. The summed E-state index contributed by atoms with van der Waals surface area (Å²) in [5.41, 5.74) is 4.34. The minimum absolute atomic E-state index is 0.0256. The molecule has 0 bridgehead atoms. The maximum Gasteiger partial charge on any atom is 0.230 e. The summed E-state index contributed by atoms with van der Waals surface area (Å²) < 4.78 is 19.7. The fraction of sp³-hybridized carbons (Fsp3) is 0.267. The van der Waals surface area contributed by atoms with E-state index >= 15 is 0 Å². The molecule has 184 valence electrons. The number of methoxy groups -OCH3 is 1. The highest BCUT2D eigenvalue weighted by Crippen LogP contribution is 2.47. The Morgan fingerprint density at radius 2 is 1.75 bits per heavy atom. The highest BCUT2D eigenvalue weighted by atomic mass is 19.1. The maximum atomic E-state index is 14.4. The molecule has 3 aromatic rings. The lowest BCUT2D eigenvalue weighted by Gasteiger charge is -2.36. The number of amides is 1. The Morgan fingerprint density at radius 1 is 1.00 bits per heavy atom. The van der Waals surface area contributed by atoms with Crippen LogP contribution in [0.25, 0.3) is 0 Å². The second-order valence-electron chi connectivity index (χ2n) is 9.66. The largest absolute Gasteiger partial charge is 0.497 e. The molecule has 1 heterocycles. The monoisotopic (exact) mass is 484 g/mol. The average molecular weight is 485 g/mol. The van der Waals surface area contributed by atoms with Crippen LogP contribution in [0.2, 0.25) is 0 Å². The van der Waals surface area contributed by atoms with Gasteiger partial charge >= 0.3 is 0 Å². The second kappa shape index (κ2) is 9.61. The number of carbonyl (C=O) groups is 2. The molecule has 1 amide bonds. The molecule has 0 saturated heterocycles. The highest BCUT2D eigenvalue weighted by Gasteiger charge is 2.42. The highest BCUT2D eigenvalue weighted by molar-refractivity contribution is 6.06. The Kier molecular flexibility index (Phi) is 6.35. The van der Waals surface area contributed by atoms with Gasteiger partial charge in [0.25, 0.3) is 0 Å². The predicted octanol–water partition coefficient (Wildman–Crippen LogP) is 6.39. The van der Waals surface area contributed by atoms with Crippen LogP contribution in [0.1, 0.15) is 49.8 Å². The topological polar surface area (TPSA) is 58.6 Å². The molecule has 5 nitrogen and oxygen atoms in total. The van der Waals surface area contributed by atoms with E-state index in [0.717, 1.165) is 22.7 Å². The van der Waals surface area contributed by atoms with Crippen molar-refractivity contribution >= 4 is 23.1 Å².